The summed E-state index contributed by atoms with van der Waals surface area (Å²) in [7, 11) is 1.88. The summed E-state index contributed by atoms with van der Waals surface area (Å²) in [4.78, 5) is 13.9. The Balaban J connectivity index is 1.68. The number of amidine groups is 1. The van der Waals surface area contributed by atoms with E-state index < -0.39 is 17.8 Å². The fourth-order valence-electron chi connectivity index (χ4n) is 2.71. The number of likely N-dealkylation sites (N-methyl/N-ethyl adjacent to an activating group) is 1. The van der Waals surface area contributed by atoms with Crippen LogP contribution in [0.5, 0.6) is 0 Å². The van der Waals surface area contributed by atoms with Gasteiger partial charge in [-0.05, 0) is 36.2 Å². The molecule has 0 spiro atoms. The van der Waals surface area contributed by atoms with E-state index in [0.717, 1.165) is 36.2 Å². The zero-order valence-corrected chi connectivity index (χ0v) is 14.0. The fourth-order valence-corrected chi connectivity index (χ4v) is 2.71. The van der Waals surface area contributed by atoms with Crippen LogP contribution in [-0.2, 0) is 12.6 Å². The van der Waals surface area contributed by atoms with Crippen LogP contribution in [0.4, 0.5) is 23.7 Å². The molecule has 2 N–H and O–H groups in total. The van der Waals surface area contributed by atoms with Crippen molar-refractivity contribution in [2.45, 2.75) is 12.6 Å². The molecule has 0 atom stereocenters. The second-order valence-corrected chi connectivity index (χ2v) is 5.91. The molecule has 1 aliphatic heterocycles. The zero-order chi connectivity index (χ0) is 18.7. The molecule has 3 rings (SSSR count). The van der Waals surface area contributed by atoms with Gasteiger partial charge in [0.1, 0.15) is 0 Å². The largest absolute Gasteiger partial charge is 0.416 e. The number of hydrazone groups is 1. The Bertz CT molecular complexity index is 831. The van der Waals surface area contributed by atoms with Gasteiger partial charge in [-0.25, -0.2) is 10.2 Å². The van der Waals surface area contributed by atoms with Crippen molar-refractivity contribution in [2.24, 2.45) is 5.10 Å². The van der Waals surface area contributed by atoms with E-state index in [4.69, 9.17) is 0 Å². The Kier molecular flexibility index (Phi) is 4.83. The predicted molar refractivity (Wildman–Crippen MR) is 92.9 cm³/mol. The number of urea groups is 1. The molecule has 8 heteroatoms. The lowest BCUT2D eigenvalue weighted by atomic mass is 9.99. The second kappa shape index (κ2) is 7.07. The van der Waals surface area contributed by atoms with E-state index in [1.165, 1.54) is 12.1 Å². The lowest BCUT2D eigenvalue weighted by Gasteiger charge is -2.28. The normalized spacial score (nSPS) is 15.5. The summed E-state index contributed by atoms with van der Waals surface area (Å²) < 4.78 is 37.6. The van der Waals surface area contributed by atoms with Gasteiger partial charge >= 0.3 is 12.2 Å². The molecule has 5 nitrogen and oxygen atoms in total. The van der Waals surface area contributed by atoms with Gasteiger partial charge in [0, 0.05) is 24.8 Å². The predicted octanol–water partition coefficient (Wildman–Crippen LogP) is 3.68. The van der Waals surface area contributed by atoms with Gasteiger partial charge in [0.25, 0.3) is 0 Å². The quantitative estimate of drug-likeness (QED) is 0.801. The highest BCUT2D eigenvalue weighted by Gasteiger charge is 2.30. The minimum Gasteiger partial charge on any atom is -0.357 e. The van der Waals surface area contributed by atoms with Gasteiger partial charge in [0.2, 0.25) is 0 Å². The molecule has 0 aromatic heterocycles. The van der Waals surface area contributed by atoms with Crippen molar-refractivity contribution in [3.8, 4) is 0 Å². The third-order valence-electron chi connectivity index (χ3n) is 4.07. The number of rotatable bonds is 2. The van der Waals surface area contributed by atoms with E-state index in [-0.39, 0.29) is 5.69 Å². The number of benzene rings is 2. The van der Waals surface area contributed by atoms with E-state index >= 15 is 0 Å². The van der Waals surface area contributed by atoms with E-state index in [9.17, 15) is 18.0 Å². The van der Waals surface area contributed by atoms with Gasteiger partial charge in [-0.15, -0.1) is 0 Å². The topological polar surface area (TPSA) is 56.7 Å². The van der Waals surface area contributed by atoms with E-state index in [1.54, 1.807) is 0 Å². The molecule has 2 aromatic rings. The highest BCUT2D eigenvalue weighted by Crippen LogP contribution is 2.29. The lowest BCUT2D eigenvalue weighted by molar-refractivity contribution is -0.137. The Morgan fingerprint density at radius 2 is 1.81 bits per heavy atom. The second-order valence-electron chi connectivity index (χ2n) is 5.91. The average Bonchev–Trinajstić information content (AvgIpc) is 2.60. The van der Waals surface area contributed by atoms with Crippen LogP contribution in [0.1, 0.15) is 16.7 Å². The summed E-state index contributed by atoms with van der Waals surface area (Å²) >= 11 is 0. The summed E-state index contributed by atoms with van der Waals surface area (Å²) in [5.41, 5.74) is 3.95. The molecule has 0 aliphatic carbocycles. The maximum absolute atomic E-state index is 12.5. The van der Waals surface area contributed by atoms with Crippen LogP contribution in [0.2, 0.25) is 0 Å². The number of amides is 2. The number of hydrogen-bond acceptors (Lipinski definition) is 2. The monoisotopic (exact) mass is 362 g/mol. The minimum absolute atomic E-state index is 0.244. The van der Waals surface area contributed by atoms with E-state index in [2.05, 4.69) is 15.8 Å². The SMILES string of the molecule is CN1CCc2ccccc2C1=NNC(=O)Nc1ccc(C(F)(F)F)cc1. The number of anilines is 1. The zero-order valence-electron chi connectivity index (χ0n) is 14.0. The van der Waals surface area contributed by atoms with Gasteiger partial charge in [0.05, 0.1) is 5.56 Å². The number of nitrogens with one attached hydrogen (secondary N) is 2. The Morgan fingerprint density at radius 1 is 1.12 bits per heavy atom. The van der Waals surface area contributed by atoms with Crippen molar-refractivity contribution in [3.05, 3.63) is 65.2 Å². The fraction of sp³-hybridized carbons (Fsp3) is 0.222. The summed E-state index contributed by atoms with van der Waals surface area (Å²) in [6.45, 7) is 0.776. The summed E-state index contributed by atoms with van der Waals surface area (Å²) in [5.74, 6) is 0.634. The molecule has 2 aromatic carbocycles. The first-order chi connectivity index (χ1) is 12.3. The number of halogens is 3. The third-order valence-corrected chi connectivity index (χ3v) is 4.07. The van der Waals surface area contributed by atoms with Gasteiger partial charge in [-0.2, -0.15) is 18.3 Å². The highest BCUT2D eigenvalue weighted by molar-refractivity contribution is 6.01. The molecule has 0 bridgehead atoms. The van der Waals surface area contributed by atoms with E-state index in [0.29, 0.717) is 5.84 Å². The molecule has 1 heterocycles. The van der Waals surface area contributed by atoms with Crippen LogP contribution < -0.4 is 10.7 Å². The number of alkyl halides is 3. The molecule has 0 radical (unpaired) electrons. The lowest BCUT2D eigenvalue weighted by Crippen LogP contribution is -2.37. The first-order valence-corrected chi connectivity index (χ1v) is 7.96. The van der Waals surface area contributed by atoms with Crippen LogP contribution in [-0.4, -0.2) is 30.4 Å². The molecule has 0 unspecified atom stereocenters. The van der Waals surface area contributed by atoms with Crippen molar-refractivity contribution in [3.63, 3.8) is 0 Å². The molecule has 0 saturated heterocycles. The highest BCUT2D eigenvalue weighted by atomic mass is 19.4. The summed E-state index contributed by atoms with van der Waals surface area (Å²) in [6.07, 6.45) is -3.52. The van der Waals surface area contributed by atoms with Crippen LogP contribution in [0, 0.1) is 0 Å². The van der Waals surface area contributed by atoms with Crippen molar-refractivity contribution >= 4 is 17.6 Å². The van der Waals surface area contributed by atoms with Gasteiger partial charge in [0.15, 0.2) is 5.84 Å². The first kappa shape index (κ1) is 17.8. The maximum atomic E-state index is 12.5. The molecule has 1 aliphatic rings. The maximum Gasteiger partial charge on any atom is 0.416 e. The standard InChI is InChI=1S/C18H17F3N4O/c1-25-11-10-12-4-2-3-5-15(12)16(25)23-24-17(26)22-14-8-6-13(7-9-14)18(19,20)21/h2-9H,10-11H2,1H3,(H2,22,24,26). The van der Waals surface area contributed by atoms with Crippen LogP contribution in [0.15, 0.2) is 53.6 Å². The molecule has 136 valence electrons. The number of fused-ring (bicyclic) bond motifs is 1. The Morgan fingerprint density at radius 3 is 2.50 bits per heavy atom. The third kappa shape index (κ3) is 3.96. The Labute approximate surface area is 148 Å². The molecule has 0 fully saturated rings. The molecular weight excluding hydrogens is 345 g/mol. The van der Waals surface area contributed by atoms with Crippen LogP contribution in [0.25, 0.3) is 0 Å². The number of nitrogens with zero attached hydrogens (tertiary/aromatic N) is 2. The van der Waals surface area contributed by atoms with Crippen LogP contribution >= 0.6 is 0 Å². The molecule has 26 heavy (non-hydrogen) atoms. The van der Waals surface area contributed by atoms with Gasteiger partial charge in [-0.1, -0.05) is 24.3 Å². The summed E-state index contributed by atoms with van der Waals surface area (Å²) in [6, 6.07) is 11.4. The van der Waals surface area contributed by atoms with Gasteiger partial charge < -0.3 is 10.2 Å². The smallest absolute Gasteiger partial charge is 0.357 e. The number of carbonyl (C=O) groups is 1. The van der Waals surface area contributed by atoms with Crippen molar-refractivity contribution < 1.29 is 18.0 Å². The van der Waals surface area contributed by atoms with E-state index in [1.807, 2.05) is 36.2 Å². The number of hydrogen-bond donors (Lipinski definition) is 2. The van der Waals surface area contributed by atoms with Crippen molar-refractivity contribution in [1.82, 2.24) is 10.3 Å². The number of carbonyl (C=O) groups excluding carboxylic acids is 1. The Hall–Kier alpha value is -3.03. The molecule has 0 saturated carbocycles. The summed E-state index contributed by atoms with van der Waals surface area (Å²) in [5, 5.41) is 6.61. The van der Waals surface area contributed by atoms with Crippen molar-refractivity contribution in [2.75, 3.05) is 18.9 Å². The minimum atomic E-state index is -4.41. The molecule has 2 amide bonds. The first-order valence-electron chi connectivity index (χ1n) is 7.96. The average molecular weight is 362 g/mol. The van der Waals surface area contributed by atoms with Crippen molar-refractivity contribution in [1.29, 1.82) is 0 Å². The van der Waals surface area contributed by atoms with Gasteiger partial charge in [-0.3, -0.25) is 0 Å². The van der Waals surface area contributed by atoms with Crippen LogP contribution in [0.3, 0.4) is 0 Å². The molecular formula is C18H17F3N4O.